The maximum absolute atomic E-state index is 10.6. The van der Waals surface area contributed by atoms with Gasteiger partial charge in [0.05, 0.1) is 0 Å². The van der Waals surface area contributed by atoms with E-state index in [0.717, 1.165) is 37.3 Å². The van der Waals surface area contributed by atoms with Gasteiger partial charge in [0.1, 0.15) is 6.29 Å². The highest BCUT2D eigenvalue weighted by Crippen LogP contribution is 2.15. The van der Waals surface area contributed by atoms with Gasteiger partial charge in [-0.1, -0.05) is 18.2 Å². The molecule has 1 aromatic rings. The second-order valence-electron chi connectivity index (χ2n) is 3.93. The Morgan fingerprint density at radius 1 is 1.50 bits per heavy atom. The molecule has 0 amide bonds. The zero-order valence-corrected chi connectivity index (χ0v) is 8.20. The summed E-state index contributed by atoms with van der Waals surface area (Å²) in [6.45, 7) is 2.25. The molecule has 0 radical (unpaired) electrons. The lowest BCUT2D eigenvalue weighted by Crippen LogP contribution is -2.10. The van der Waals surface area contributed by atoms with Gasteiger partial charge in [-0.2, -0.15) is 0 Å². The van der Waals surface area contributed by atoms with E-state index in [0.29, 0.717) is 0 Å². The second kappa shape index (κ2) is 4.38. The van der Waals surface area contributed by atoms with Gasteiger partial charge in [-0.05, 0) is 43.5 Å². The Bertz CT molecular complexity index is 316. The van der Waals surface area contributed by atoms with Crippen molar-refractivity contribution in [2.75, 3.05) is 13.1 Å². The molecule has 14 heavy (non-hydrogen) atoms. The van der Waals surface area contributed by atoms with Crippen LogP contribution in [0.15, 0.2) is 24.3 Å². The van der Waals surface area contributed by atoms with Crippen molar-refractivity contribution < 1.29 is 4.79 Å². The molecule has 0 bridgehead atoms. The molecule has 0 aliphatic carbocycles. The largest absolute Gasteiger partial charge is 0.316 e. The summed E-state index contributed by atoms with van der Waals surface area (Å²) in [5.41, 5.74) is 2.07. The van der Waals surface area contributed by atoms with Crippen LogP contribution in [0, 0.1) is 5.92 Å². The number of carbonyl (C=O) groups excluding carboxylic acids is 1. The van der Waals surface area contributed by atoms with Gasteiger partial charge in [-0.3, -0.25) is 4.79 Å². The van der Waals surface area contributed by atoms with Crippen LogP contribution < -0.4 is 5.32 Å². The topological polar surface area (TPSA) is 29.1 Å². The highest BCUT2D eigenvalue weighted by atomic mass is 16.1. The fourth-order valence-electron chi connectivity index (χ4n) is 2.02. The average molecular weight is 189 g/mol. The number of benzene rings is 1. The molecule has 1 unspecified atom stereocenters. The van der Waals surface area contributed by atoms with E-state index in [4.69, 9.17) is 0 Å². The van der Waals surface area contributed by atoms with E-state index in [1.165, 1.54) is 12.0 Å². The lowest BCUT2D eigenvalue weighted by molar-refractivity contribution is 0.112. The van der Waals surface area contributed by atoms with Gasteiger partial charge in [-0.15, -0.1) is 0 Å². The van der Waals surface area contributed by atoms with Crippen LogP contribution in [-0.4, -0.2) is 19.4 Å². The SMILES string of the molecule is O=Cc1cccc(CC2CCNC2)c1. The van der Waals surface area contributed by atoms with Gasteiger partial charge in [0.15, 0.2) is 0 Å². The Hall–Kier alpha value is -1.15. The normalized spacial score (nSPS) is 21.0. The molecule has 1 aromatic carbocycles. The molecular formula is C12H15NO. The van der Waals surface area contributed by atoms with E-state index < -0.39 is 0 Å². The van der Waals surface area contributed by atoms with Crippen LogP contribution in [0.3, 0.4) is 0 Å². The molecule has 1 aliphatic rings. The third-order valence-corrected chi connectivity index (χ3v) is 2.77. The van der Waals surface area contributed by atoms with E-state index in [9.17, 15) is 4.79 Å². The Balaban J connectivity index is 2.04. The van der Waals surface area contributed by atoms with Gasteiger partial charge in [0.25, 0.3) is 0 Å². The molecule has 74 valence electrons. The fourth-order valence-corrected chi connectivity index (χ4v) is 2.02. The maximum Gasteiger partial charge on any atom is 0.150 e. The maximum atomic E-state index is 10.6. The highest BCUT2D eigenvalue weighted by Gasteiger charge is 2.14. The summed E-state index contributed by atoms with van der Waals surface area (Å²) >= 11 is 0. The molecule has 2 nitrogen and oxygen atoms in total. The molecule has 1 N–H and O–H groups in total. The molecule has 0 aromatic heterocycles. The summed E-state index contributed by atoms with van der Waals surface area (Å²) in [6.07, 6.45) is 3.26. The molecular weight excluding hydrogens is 174 g/mol. The average Bonchev–Trinajstić information content (AvgIpc) is 2.71. The fraction of sp³-hybridized carbons (Fsp3) is 0.417. The number of rotatable bonds is 3. The summed E-state index contributed by atoms with van der Waals surface area (Å²) in [4.78, 5) is 10.6. The first-order valence-electron chi connectivity index (χ1n) is 5.13. The molecule has 1 saturated heterocycles. The molecule has 2 rings (SSSR count). The van der Waals surface area contributed by atoms with Gasteiger partial charge >= 0.3 is 0 Å². The molecule has 0 spiro atoms. The second-order valence-corrected chi connectivity index (χ2v) is 3.93. The molecule has 2 heteroatoms. The van der Waals surface area contributed by atoms with Crippen molar-refractivity contribution in [3.8, 4) is 0 Å². The van der Waals surface area contributed by atoms with Gasteiger partial charge in [0, 0.05) is 5.56 Å². The minimum Gasteiger partial charge on any atom is -0.316 e. The predicted octanol–water partition coefficient (Wildman–Crippen LogP) is 1.65. The van der Waals surface area contributed by atoms with E-state index in [2.05, 4.69) is 11.4 Å². The van der Waals surface area contributed by atoms with E-state index in [1.54, 1.807) is 0 Å². The first-order valence-corrected chi connectivity index (χ1v) is 5.13. The number of nitrogens with one attached hydrogen (secondary N) is 1. The Morgan fingerprint density at radius 2 is 2.43 bits per heavy atom. The third-order valence-electron chi connectivity index (χ3n) is 2.77. The van der Waals surface area contributed by atoms with Crippen molar-refractivity contribution in [1.29, 1.82) is 0 Å². The van der Waals surface area contributed by atoms with Gasteiger partial charge in [0.2, 0.25) is 0 Å². The van der Waals surface area contributed by atoms with Crippen LogP contribution in [0.2, 0.25) is 0 Å². The van der Waals surface area contributed by atoms with Crippen LogP contribution in [-0.2, 0) is 6.42 Å². The molecule has 1 heterocycles. The summed E-state index contributed by atoms with van der Waals surface area (Å²) < 4.78 is 0. The van der Waals surface area contributed by atoms with Gasteiger partial charge < -0.3 is 5.32 Å². The minimum absolute atomic E-state index is 0.747. The van der Waals surface area contributed by atoms with Crippen LogP contribution in [0.1, 0.15) is 22.3 Å². The van der Waals surface area contributed by atoms with Crippen molar-refractivity contribution in [3.63, 3.8) is 0 Å². The lowest BCUT2D eigenvalue weighted by atomic mass is 9.98. The number of aldehydes is 1. The van der Waals surface area contributed by atoms with E-state index in [-0.39, 0.29) is 0 Å². The minimum atomic E-state index is 0.747. The van der Waals surface area contributed by atoms with Crippen LogP contribution in [0.25, 0.3) is 0 Å². The van der Waals surface area contributed by atoms with Crippen LogP contribution in [0.5, 0.6) is 0 Å². The number of carbonyl (C=O) groups is 1. The lowest BCUT2D eigenvalue weighted by Gasteiger charge is -2.07. The van der Waals surface area contributed by atoms with Crippen molar-refractivity contribution in [2.24, 2.45) is 5.92 Å². The standard InChI is InChI=1S/C12H15NO/c14-9-12-3-1-2-10(7-12)6-11-4-5-13-8-11/h1-3,7,9,11,13H,4-6,8H2. The van der Waals surface area contributed by atoms with Crippen molar-refractivity contribution in [3.05, 3.63) is 35.4 Å². The third kappa shape index (κ3) is 2.20. The Kier molecular flexibility index (Phi) is 2.94. The van der Waals surface area contributed by atoms with Crippen molar-refractivity contribution >= 4 is 6.29 Å². The smallest absolute Gasteiger partial charge is 0.150 e. The van der Waals surface area contributed by atoms with Crippen molar-refractivity contribution in [2.45, 2.75) is 12.8 Å². The molecule has 1 atom stereocenters. The predicted molar refractivity (Wildman–Crippen MR) is 56.5 cm³/mol. The van der Waals surface area contributed by atoms with Gasteiger partial charge in [-0.25, -0.2) is 0 Å². The summed E-state index contributed by atoms with van der Waals surface area (Å²) in [7, 11) is 0. The molecule has 1 aliphatic heterocycles. The summed E-state index contributed by atoms with van der Waals surface area (Å²) in [6, 6.07) is 7.90. The van der Waals surface area contributed by atoms with Crippen LogP contribution in [0.4, 0.5) is 0 Å². The Morgan fingerprint density at radius 3 is 3.14 bits per heavy atom. The monoisotopic (exact) mass is 189 g/mol. The van der Waals surface area contributed by atoms with E-state index in [1.807, 2.05) is 18.2 Å². The number of hydrogen-bond acceptors (Lipinski definition) is 2. The summed E-state index contributed by atoms with van der Waals surface area (Å²) in [5.74, 6) is 0.747. The first kappa shape index (κ1) is 9.41. The van der Waals surface area contributed by atoms with E-state index >= 15 is 0 Å². The van der Waals surface area contributed by atoms with Crippen LogP contribution >= 0.6 is 0 Å². The zero-order chi connectivity index (χ0) is 9.80. The van der Waals surface area contributed by atoms with Crippen molar-refractivity contribution in [1.82, 2.24) is 5.32 Å². The molecule has 1 fully saturated rings. The molecule has 0 saturated carbocycles. The first-order chi connectivity index (χ1) is 6.88. The Labute approximate surface area is 84.3 Å². The number of hydrogen-bond donors (Lipinski definition) is 1. The summed E-state index contributed by atoms with van der Waals surface area (Å²) in [5, 5.41) is 3.35. The quantitative estimate of drug-likeness (QED) is 0.732. The highest BCUT2D eigenvalue weighted by molar-refractivity contribution is 5.74. The zero-order valence-electron chi connectivity index (χ0n) is 8.20.